The summed E-state index contributed by atoms with van der Waals surface area (Å²) in [6.07, 6.45) is 1.35. The van der Waals surface area contributed by atoms with E-state index in [1.165, 1.54) is 13.0 Å². The summed E-state index contributed by atoms with van der Waals surface area (Å²) in [5, 5.41) is 10.8. The van der Waals surface area contributed by atoms with Crippen molar-refractivity contribution in [3.8, 4) is 0 Å². The number of hydrogen-bond acceptors (Lipinski definition) is 3. The molecule has 0 aliphatic heterocycles. The van der Waals surface area contributed by atoms with Crippen LogP contribution in [-0.2, 0) is 9.59 Å². The molecular formula is C7H11NO3. The van der Waals surface area contributed by atoms with Crippen LogP contribution in [0.15, 0.2) is 11.8 Å². The van der Waals surface area contributed by atoms with Crippen LogP contribution in [0.25, 0.3) is 0 Å². The Morgan fingerprint density at radius 1 is 1.45 bits per heavy atom. The van der Waals surface area contributed by atoms with E-state index in [0.29, 0.717) is 5.70 Å². The summed E-state index contributed by atoms with van der Waals surface area (Å²) in [6, 6.07) is 0. The van der Waals surface area contributed by atoms with Gasteiger partial charge in [0.15, 0.2) is 5.78 Å². The quantitative estimate of drug-likeness (QED) is 0.570. The Labute approximate surface area is 64.9 Å². The first-order valence-electron chi connectivity index (χ1n) is 3.17. The molecule has 0 unspecified atom stereocenters. The van der Waals surface area contributed by atoms with Gasteiger partial charge in [-0.1, -0.05) is 0 Å². The van der Waals surface area contributed by atoms with E-state index in [-0.39, 0.29) is 12.3 Å². The molecule has 0 spiro atoms. The molecule has 0 aromatic heterocycles. The number of allylic oxidation sites excluding steroid dienone is 2. The number of carboxylic acid groups (broad SMARTS) is 1. The molecule has 4 nitrogen and oxygen atoms in total. The summed E-state index contributed by atoms with van der Waals surface area (Å²) < 4.78 is 0. The van der Waals surface area contributed by atoms with Crippen molar-refractivity contribution in [2.45, 2.75) is 13.8 Å². The van der Waals surface area contributed by atoms with Crippen molar-refractivity contribution in [2.75, 3.05) is 6.54 Å². The number of carbonyl (C=O) groups excluding carboxylic acids is 1. The van der Waals surface area contributed by atoms with Crippen LogP contribution in [0, 0.1) is 0 Å². The van der Waals surface area contributed by atoms with Crippen LogP contribution in [0.1, 0.15) is 13.8 Å². The fraction of sp³-hybridized carbons (Fsp3) is 0.429. The van der Waals surface area contributed by atoms with Gasteiger partial charge in [0.1, 0.15) is 6.54 Å². The zero-order chi connectivity index (χ0) is 8.85. The number of carboxylic acids is 1. The summed E-state index contributed by atoms with van der Waals surface area (Å²) in [6.45, 7) is 2.89. The Kier molecular flexibility index (Phi) is 3.95. The number of ketones is 1. The van der Waals surface area contributed by atoms with Crippen LogP contribution in [0.3, 0.4) is 0 Å². The lowest BCUT2D eigenvalue weighted by Gasteiger charge is -2.00. The predicted octanol–water partition coefficient (Wildman–Crippen LogP) is 0.153. The van der Waals surface area contributed by atoms with Gasteiger partial charge in [-0.05, 0) is 19.9 Å². The van der Waals surface area contributed by atoms with Gasteiger partial charge >= 0.3 is 5.97 Å². The van der Waals surface area contributed by atoms with Crippen molar-refractivity contribution < 1.29 is 14.7 Å². The summed E-state index contributed by atoms with van der Waals surface area (Å²) in [7, 11) is 0. The molecule has 0 saturated heterocycles. The minimum Gasteiger partial charge on any atom is -0.480 e. The van der Waals surface area contributed by atoms with Gasteiger partial charge in [0.25, 0.3) is 0 Å². The second kappa shape index (κ2) is 4.49. The number of aliphatic carboxylic acids is 1. The van der Waals surface area contributed by atoms with Crippen molar-refractivity contribution >= 4 is 11.8 Å². The zero-order valence-corrected chi connectivity index (χ0v) is 6.55. The van der Waals surface area contributed by atoms with Gasteiger partial charge in [0.05, 0.1) is 0 Å². The maximum atomic E-state index is 10.4. The average Bonchev–Trinajstić information content (AvgIpc) is 1.82. The van der Waals surface area contributed by atoms with Crippen LogP contribution in [0.4, 0.5) is 0 Å². The Balaban J connectivity index is 3.77. The number of rotatable bonds is 4. The highest BCUT2D eigenvalue weighted by atomic mass is 16.4. The van der Waals surface area contributed by atoms with Gasteiger partial charge in [0, 0.05) is 5.70 Å². The molecule has 2 N–H and O–H groups in total. The fourth-order valence-electron chi connectivity index (χ4n) is 0.571. The Hall–Kier alpha value is -1.32. The lowest BCUT2D eigenvalue weighted by atomic mass is 10.3. The molecular weight excluding hydrogens is 146 g/mol. The Morgan fingerprint density at radius 2 is 2.00 bits per heavy atom. The first-order chi connectivity index (χ1) is 5.02. The summed E-state index contributed by atoms with van der Waals surface area (Å²) in [5.74, 6) is -1.04. The number of nitrogens with one attached hydrogen (secondary N) is 1. The van der Waals surface area contributed by atoms with Crippen molar-refractivity contribution in [1.82, 2.24) is 5.32 Å². The monoisotopic (exact) mass is 157 g/mol. The Bertz CT molecular complexity index is 196. The molecule has 0 fully saturated rings. The third-order valence-electron chi connectivity index (χ3n) is 0.938. The van der Waals surface area contributed by atoms with Gasteiger partial charge < -0.3 is 10.4 Å². The van der Waals surface area contributed by atoms with E-state index in [2.05, 4.69) is 5.32 Å². The summed E-state index contributed by atoms with van der Waals surface area (Å²) in [4.78, 5) is 20.4. The maximum absolute atomic E-state index is 10.4. The Morgan fingerprint density at radius 3 is 2.36 bits per heavy atom. The van der Waals surface area contributed by atoms with E-state index in [1.54, 1.807) is 6.92 Å². The smallest absolute Gasteiger partial charge is 0.322 e. The maximum Gasteiger partial charge on any atom is 0.322 e. The van der Waals surface area contributed by atoms with E-state index in [1.807, 2.05) is 0 Å². The standard InChI is InChI=1S/C7H11NO3/c1-5(3-6(2)9)8-4-7(10)11/h3,8H,4H2,1-2H3,(H,10,11)/b5-3+. The van der Waals surface area contributed by atoms with Gasteiger partial charge in [0.2, 0.25) is 0 Å². The molecule has 0 amide bonds. The lowest BCUT2D eigenvalue weighted by molar-refractivity contribution is -0.135. The summed E-state index contributed by atoms with van der Waals surface area (Å²) in [5.41, 5.74) is 0.569. The second-order valence-electron chi connectivity index (χ2n) is 2.19. The molecule has 0 rings (SSSR count). The average molecular weight is 157 g/mol. The molecule has 0 aromatic rings. The lowest BCUT2D eigenvalue weighted by Crippen LogP contribution is -2.20. The first kappa shape index (κ1) is 9.68. The van der Waals surface area contributed by atoms with Crippen molar-refractivity contribution in [2.24, 2.45) is 0 Å². The van der Waals surface area contributed by atoms with E-state index >= 15 is 0 Å². The van der Waals surface area contributed by atoms with Crippen LogP contribution < -0.4 is 5.32 Å². The van der Waals surface area contributed by atoms with E-state index in [4.69, 9.17) is 5.11 Å². The number of carbonyl (C=O) groups is 2. The van der Waals surface area contributed by atoms with E-state index in [9.17, 15) is 9.59 Å². The molecule has 0 saturated carbocycles. The van der Waals surface area contributed by atoms with Gasteiger partial charge in [-0.15, -0.1) is 0 Å². The van der Waals surface area contributed by atoms with Crippen molar-refractivity contribution in [3.63, 3.8) is 0 Å². The molecule has 0 radical (unpaired) electrons. The highest BCUT2D eigenvalue weighted by Crippen LogP contribution is 1.85. The molecule has 62 valence electrons. The topological polar surface area (TPSA) is 66.4 Å². The molecule has 0 atom stereocenters. The highest BCUT2D eigenvalue weighted by Gasteiger charge is 1.95. The van der Waals surface area contributed by atoms with E-state index in [0.717, 1.165) is 0 Å². The predicted molar refractivity (Wildman–Crippen MR) is 40.1 cm³/mol. The van der Waals surface area contributed by atoms with E-state index < -0.39 is 5.97 Å². The molecule has 0 aliphatic rings. The minimum absolute atomic E-state index is 0.0969. The largest absolute Gasteiger partial charge is 0.480 e. The normalized spacial score (nSPS) is 10.9. The third-order valence-corrected chi connectivity index (χ3v) is 0.938. The second-order valence-corrected chi connectivity index (χ2v) is 2.19. The molecule has 4 heteroatoms. The van der Waals surface area contributed by atoms with Crippen molar-refractivity contribution in [3.05, 3.63) is 11.8 Å². The number of hydrogen-bond donors (Lipinski definition) is 2. The SMILES string of the molecule is CC(=O)/C=C(\C)NCC(=O)O. The van der Waals surface area contributed by atoms with Crippen LogP contribution in [0.5, 0.6) is 0 Å². The zero-order valence-electron chi connectivity index (χ0n) is 6.55. The minimum atomic E-state index is -0.943. The molecule has 0 aromatic carbocycles. The highest BCUT2D eigenvalue weighted by molar-refractivity contribution is 5.87. The van der Waals surface area contributed by atoms with Gasteiger partial charge in [-0.25, -0.2) is 0 Å². The fourth-order valence-corrected chi connectivity index (χ4v) is 0.571. The van der Waals surface area contributed by atoms with Gasteiger partial charge in [-0.3, -0.25) is 9.59 Å². The third kappa shape index (κ3) is 6.57. The first-order valence-corrected chi connectivity index (χ1v) is 3.17. The van der Waals surface area contributed by atoms with Gasteiger partial charge in [-0.2, -0.15) is 0 Å². The van der Waals surface area contributed by atoms with Crippen LogP contribution in [-0.4, -0.2) is 23.4 Å². The molecule has 11 heavy (non-hydrogen) atoms. The summed E-state index contributed by atoms with van der Waals surface area (Å²) >= 11 is 0. The van der Waals surface area contributed by atoms with Crippen LogP contribution in [0.2, 0.25) is 0 Å². The molecule has 0 bridgehead atoms. The molecule has 0 heterocycles. The molecule has 0 aliphatic carbocycles. The van der Waals surface area contributed by atoms with Crippen molar-refractivity contribution in [1.29, 1.82) is 0 Å². The van der Waals surface area contributed by atoms with Crippen LogP contribution >= 0.6 is 0 Å².